The van der Waals surface area contributed by atoms with Crippen molar-refractivity contribution in [3.05, 3.63) is 76.8 Å². The van der Waals surface area contributed by atoms with Gasteiger partial charge in [-0.1, -0.05) is 64.5 Å². The van der Waals surface area contributed by atoms with Gasteiger partial charge in [0.05, 0.1) is 23.9 Å². The van der Waals surface area contributed by atoms with Gasteiger partial charge < -0.3 is 4.74 Å². The Hall–Kier alpha value is -2.72. The second kappa shape index (κ2) is 6.30. The van der Waals surface area contributed by atoms with Crippen molar-refractivity contribution in [3.8, 4) is 11.3 Å². The van der Waals surface area contributed by atoms with E-state index >= 15 is 0 Å². The molecular weight excluding hydrogens is 378 g/mol. The molecule has 1 heterocycles. The number of ether oxygens (including phenoxy) is 1. The molecule has 4 heteroatoms. The van der Waals surface area contributed by atoms with Gasteiger partial charge in [-0.3, -0.25) is 0 Å². The number of carbonyl (C=O) groups excluding carboxylic acids is 1. The molecule has 4 aromatic rings. The smallest absolute Gasteiger partial charge is 0.338 e. The van der Waals surface area contributed by atoms with Gasteiger partial charge in [0.25, 0.3) is 0 Å². The molecular formula is C21H14BrNO2. The second-order valence-corrected chi connectivity index (χ2v) is 6.66. The fraction of sp³-hybridized carbons (Fsp3) is 0.0476. The summed E-state index contributed by atoms with van der Waals surface area (Å²) in [5, 5.41) is 2.90. The highest BCUT2D eigenvalue weighted by molar-refractivity contribution is 9.10. The molecule has 0 saturated carbocycles. The number of esters is 1. The molecule has 0 N–H and O–H groups in total. The van der Waals surface area contributed by atoms with E-state index in [0.717, 1.165) is 37.4 Å². The van der Waals surface area contributed by atoms with Crippen LogP contribution in [0.5, 0.6) is 0 Å². The van der Waals surface area contributed by atoms with Crippen molar-refractivity contribution >= 4 is 43.6 Å². The van der Waals surface area contributed by atoms with Crippen LogP contribution < -0.4 is 0 Å². The molecule has 25 heavy (non-hydrogen) atoms. The lowest BCUT2D eigenvalue weighted by Gasteiger charge is -2.11. The topological polar surface area (TPSA) is 39.2 Å². The average Bonchev–Trinajstić information content (AvgIpc) is 2.66. The highest BCUT2D eigenvalue weighted by Crippen LogP contribution is 2.31. The number of nitrogens with zero attached hydrogens (tertiary/aromatic N) is 1. The summed E-state index contributed by atoms with van der Waals surface area (Å²) in [7, 11) is 1.40. The Morgan fingerprint density at radius 1 is 0.960 bits per heavy atom. The van der Waals surface area contributed by atoms with Crippen LogP contribution in [0.15, 0.2) is 71.2 Å². The van der Waals surface area contributed by atoms with Gasteiger partial charge >= 0.3 is 5.97 Å². The number of hydrogen-bond donors (Lipinski definition) is 0. The van der Waals surface area contributed by atoms with Gasteiger partial charge in [-0.2, -0.15) is 0 Å². The Bertz CT molecular complexity index is 1120. The standard InChI is InChI=1S/C21H14BrNO2/c1-25-21(24)18-12-19(14-6-4-7-15(22)11-14)23-20-16-8-3-2-5-13(16)9-10-17(18)20/h2-12H,1H3. The van der Waals surface area contributed by atoms with E-state index in [1.807, 2.05) is 60.7 Å². The minimum atomic E-state index is -0.362. The fourth-order valence-electron chi connectivity index (χ4n) is 3.03. The van der Waals surface area contributed by atoms with Gasteiger partial charge in [-0.25, -0.2) is 9.78 Å². The molecule has 0 fully saturated rings. The summed E-state index contributed by atoms with van der Waals surface area (Å²) < 4.78 is 5.96. The third-order valence-electron chi connectivity index (χ3n) is 4.23. The van der Waals surface area contributed by atoms with E-state index in [1.165, 1.54) is 7.11 Å². The molecule has 122 valence electrons. The fourth-order valence-corrected chi connectivity index (χ4v) is 3.43. The summed E-state index contributed by atoms with van der Waals surface area (Å²) >= 11 is 3.49. The van der Waals surface area contributed by atoms with E-state index < -0.39 is 0 Å². The van der Waals surface area contributed by atoms with Crippen molar-refractivity contribution in [3.63, 3.8) is 0 Å². The van der Waals surface area contributed by atoms with E-state index in [9.17, 15) is 4.79 Å². The van der Waals surface area contributed by atoms with Gasteiger partial charge in [0.15, 0.2) is 0 Å². The largest absolute Gasteiger partial charge is 0.465 e. The molecule has 4 rings (SSSR count). The quantitative estimate of drug-likeness (QED) is 0.329. The zero-order chi connectivity index (χ0) is 17.4. The first-order chi connectivity index (χ1) is 12.2. The van der Waals surface area contributed by atoms with Crippen molar-refractivity contribution in [1.82, 2.24) is 4.98 Å². The minimum Gasteiger partial charge on any atom is -0.465 e. The van der Waals surface area contributed by atoms with Crippen LogP contribution in [0, 0.1) is 0 Å². The average molecular weight is 392 g/mol. The van der Waals surface area contributed by atoms with Crippen LogP contribution in [-0.4, -0.2) is 18.1 Å². The van der Waals surface area contributed by atoms with Gasteiger partial charge in [-0.05, 0) is 23.6 Å². The SMILES string of the molecule is COC(=O)c1cc(-c2cccc(Br)c2)nc2c1ccc1ccccc12. The summed E-state index contributed by atoms with van der Waals surface area (Å²) in [6.45, 7) is 0. The third kappa shape index (κ3) is 2.79. The van der Waals surface area contributed by atoms with Crippen LogP contribution >= 0.6 is 15.9 Å². The highest BCUT2D eigenvalue weighted by atomic mass is 79.9. The minimum absolute atomic E-state index is 0.362. The molecule has 0 atom stereocenters. The first-order valence-electron chi connectivity index (χ1n) is 7.84. The number of hydrogen-bond acceptors (Lipinski definition) is 3. The van der Waals surface area contributed by atoms with Crippen molar-refractivity contribution in [2.75, 3.05) is 7.11 Å². The number of aromatic nitrogens is 1. The number of benzene rings is 3. The van der Waals surface area contributed by atoms with E-state index in [2.05, 4.69) is 15.9 Å². The first kappa shape index (κ1) is 15.8. The van der Waals surface area contributed by atoms with Gasteiger partial charge in [0.1, 0.15) is 0 Å². The lowest BCUT2D eigenvalue weighted by Crippen LogP contribution is -2.04. The van der Waals surface area contributed by atoms with Crippen LogP contribution in [-0.2, 0) is 4.74 Å². The third-order valence-corrected chi connectivity index (χ3v) is 4.72. The Morgan fingerprint density at radius 3 is 2.60 bits per heavy atom. The number of fused-ring (bicyclic) bond motifs is 3. The highest BCUT2D eigenvalue weighted by Gasteiger charge is 2.16. The molecule has 0 spiro atoms. The summed E-state index contributed by atoms with van der Waals surface area (Å²) in [6, 6.07) is 21.6. The zero-order valence-electron chi connectivity index (χ0n) is 13.5. The predicted molar refractivity (Wildman–Crippen MR) is 104 cm³/mol. The lowest BCUT2D eigenvalue weighted by molar-refractivity contribution is 0.0603. The van der Waals surface area contributed by atoms with Crippen molar-refractivity contribution < 1.29 is 9.53 Å². The van der Waals surface area contributed by atoms with Crippen LogP contribution in [0.25, 0.3) is 32.9 Å². The Morgan fingerprint density at radius 2 is 1.80 bits per heavy atom. The molecule has 3 nitrogen and oxygen atoms in total. The Labute approximate surface area is 153 Å². The molecule has 0 bridgehead atoms. The number of rotatable bonds is 2. The number of pyridine rings is 1. The maximum Gasteiger partial charge on any atom is 0.338 e. The summed E-state index contributed by atoms with van der Waals surface area (Å²) in [5.74, 6) is -0.362. The zero-order valence-corrected chi connectivity index (χ0v) is 15.1. The number of methoxy groups -OCH3 is 1. The van der Waals surface area contributed by atoms with Crippen LogP contribution in [0.1, 0.15) is 10.4 Å². The van der Waals surface area contributed by atoms with Crippen LogP contribution in [0.2, 0.25) is 0 Å². The summed E-state index contributed by atoms with van der Waals surface area (Å²) in [6.07, 6.45) is 0. The lowest BCUT2D eigenvalue weighted by atomic mass is 10.00. The number of halogens is 1. The normalized spacial score (nSPS) is 11.0. The molecule has 0 aliphatic heterocycles. The number of carbonyl (C=O) groups is 1. The van der Waals surface area contributed by atoms with E-state index in [1.54, 1.807) is 6.07 Å². The van der Waals surface area contributed by atoms with Crippen LogP contribution in [0.3, 0.4) is 0 Å². The Kier molecular flexibility index (Phi) is 3.98. The van der Waals surface area contributed by atoms with Crippen molar-refractivity contribution in [2.24, 2.45) is 0 Å². The second-order valence-electron chi connectivity index (χ2n) is 5.74. The summed E-state index contributed by atoms with van der Waals surface area (Å²) in [4.78, 5) is 17.2. The molecule has 0 radical (unpaired) electrons. The van der Waals surface area contributed by atoms with E-state index in [0.29, 0.717) is 5.56 Å². The van der Waals surface area contributed by atoms with Crippen molar-refractivity contribution in [1.29, 1.82) is 0 Å². The van der Waals surface area contributed by atoms with E-state index in [-0.39, 0.29) is 5.97 Å². The van der Waals surface area contributed by atoms with Crippen LogP contribution in [0.4, 0.5) is 0 Å². The molecule has 0 aliphatic rings. The van der Waals surface area contributed by atoms with Gasteiger partial charge in [0, 0.05) is 20.8 Å². The molecule has 3 aromatic carbocycles. The molecule has 1 aromatic heterocycles. The van der Waals surface area contributed by atoms with Gasteiger partial charge in [-0.15, -0.1) is 0 Å². The summed E-state index contributed by atoms with van der Waals surface area (Å²) in [5.41, 5.74) is 3.00. The van der Waals surface area contributed by atoms with Crippen molar-refractivity contribution in [2.45, 2.75) is 0 Å². The maximum atomic E-state index is 12.4. The molecule has 0 saturated heterocycles. The Balaban J connectivity index is 2.11. The molecule has 0 unspecified atom stereocenters. The molecule has 0 amide bonds. The van der Waals surface area contributed by atoms with E-state index in [4.69, 9.17) is 9.72 Å². The maximum absolute atomic E-state index is 12.4. The first-order valence-corrected chi connectivity index (χ1v) is 8.63. The molecule has 0 aliphatic carbocycles. The van der Waals surface area contributed by atoms with Gasteiger partial charge in [0.2, 0.25) is 0 Å². The predicted octanol–water partition coefficient (Wildman–Crippen LogP) is 5.60. The monoisotopic (exact) mass is 391 g/mol.